The Kier molecular flexibility index (Phi) is 4.75. The third-order valence-corrected chi connectivity index (χ3v) is 6.78. The SMILES string of the molecule is O=C1C[C@@H](CNC(=O)c2ccc(C3SCCS3)cc2)CN1. The monoisotopic (exact) mass is 322 g/mol. The summed E-state index contributed by atoms with van der Waals surface area (Å²) in [6.45, 7) is 1.21. The number of rotatable bonds is 4. The molecular formula is C15H18N2O2S2. The Hall–Kier alpha value is -1.14. The lowest BCUT2D eigenvalue weighted by Gasteiger charge is -2.11. The van der Waals surface area contributed by atoms with Crippen LogP contribution in [-0.4, -0.2) is 36.4 Å². The van der Waals surface area contributed by atoms with Crippen LogP contribution in [0.3, 0.4) is 0 Å². The molecule has 2 aliphatic heterocycles. The van der Waals surface area contributed by atoms with Gasteiger partial charge in [-0.1, -0.05) is 12.1 Å². The number of hydrogen-bond acceptors (Lipinski definition) is 4. The molecule has 0 aliphatic carbocycles. The lowest BCUT2D eigenvalue weighted by Crippen LogP contribution is -2.30. The molecule has 0 unspecified atom stereocenters. The molecule has 2 N–H and O–H groups in total. The van der Waals surface area contributed by atoms with Crippen LogP contribution in [0.15, 0.2) is 24.3 Å². The van der Waals surface area contributed by atoms with Crippen molar-refractivity contribution in [3.63, 3.8) is 0 Å². The van der Waals surface area contributed by atoms with Crippen molar-refractivity contribution in [2.24, 2.45) is 5.92 Å². The molecule has 1 aromatic rings. The van der Waals surface area contributed by atoms with Crippen molar-refractivity contribution in [2.45, 2.75) is 11.0 Å². The van der Waals surface area contributed by atoms with Crippen LogP contribution in [0.25, 0.3) is 0 Å². The summed E-state index contributed by atoms with van der Waals surface area (Å²) >= 11 is 3.92. The van der Waals surface area contributed by atoms with E-state index in [9.17, 15) is 9.59 Å². The molecule has 21 heavy (non-hydrogen) atoms. The molecule has 2 fully saturated rings. The van der Waals surface area contributed by atoms with Gasteiger partial charge < -0.3 is 10.6 Å². The number of thioether (sulfide) groups is 2. The maximum Gasteiger partial charge on any atom is 0.251 e. The molecule has 1 aromatic carbocycles. The van der Waals surface area contributed by atoms with Crippen LogP contribution in [0.2, 0.25) is 0 Å². The van der Waals surface area contributed by atoms with Gasteiger partial charge in [0.1, 0.15) is 0 Å². The minimum Gasteiger partial charge on any atom is -0.356 e. The van der Waals surface area contributed by atoms with Crippen molar-refractivity contribution in [3.8, 4) is 0 Å². The van der Waals surface area contributed by atoms with Gasteiger partial charge in [-0.2, -0.15) is 0 Å². The molecule has 0 bridgehead atoms. The Labute approximate surface area is 132 Å². The van der Waals surface area contributed by atoms with Gasteiger partial charge in [0.05, 0.1) is 4.58 Å². The highest BCUT2D eigenvalue weighted by atomic mass is 32.2. The van der Waals surface area contributed by atoms with Crippen LogP contribution in [0.1, 0.15) is 26.9 Å². The van der Waals surface area contributed by atoms with Gasteiger partial charge in [0.2, 0.25) is 5.91 Å². The summed E-state index contributed by atoms with van der Waals surface area (Å²) in [5.74, 6) is 2.63. The maximum atomic E-state index is 12.1. The van der Waals surface area contributed by atoms with E-state index in [1.807, 2.05) is 47.8 Å². The fourth-order valence-corrected chi connectivity index (χ4v) is 5.35. The fraction of sp³-hybridized carbons (Fsp3) is 0.467. The molecule has 112 valence electrons. The molecule has 2 saturated heterocycles. The zero-order valence-electron chi connectivity index (χ0n) is 11.6. The van der Waals surface area contributed by atoms with Gasteiger partial charge in [0.25, 0.3) is 5.91 Å². The van der Waals surface area contributed by atoms with Crippen molar-refractivity contribution in [3.05, 3.63) is 35.4 Å². The van der Waals surface area contributed by atoms with Gasteiger partial charge in [-0.3, -0.25) is 9.59 Å². The average molecular weight is 322 g/mol. The maximum absolute atomic E-state index is 12.1. The Bertz CT molecular complexity index is 527. The van der Waals surface area contributed by atoms with E-state index in [1.54, 1.807) is 0 Å². The van der Waals surface area contributed by atoms with E-state index in [0.717, 1.165) is 0 Å². The minimum atomic E-state index is -0.0624. The summed E-state index contributed by atoms with van der Waals surface area (Å²) < 4.78 is 0.512. The molecule has 2 heterocycles. The summed E-state index contributed by atoms with van der Waals surface area (Å²) in [5.41, 5.74) is 1.97. The number of carbonyl (C=O) groups is 2. The van der Waals surface area contributed by atoms with Crippen molar-refractivity contribution in [1.29, 1.82) is 0 Å². The summed E-state index contributed by atoms with van der Waals surface area (Å²) in [6.07, 6.45) is 0.509. The summed E-state index contributed by atoms with van der Waals surface area (Å²) in [7, 11) is 0. The van der Waals surface area contributed by atoms with Crippen LogP contribution in [-0.2, 0) is 4.79 Å². The summed E-state index contributed by atoms with van der Waals surface area (Å²) in [6, 6.07) is 7.88. The Morgan fingerprint density at radius 3 is 2.57 bits per heavy atom. The third-order valence-electron chi connectivity index (χ3n) is 3.68. The Morgan fingerprint density at radius 1 is 1.24 bits per heavy atom. The van der Waals surface area contributed by atoms with Gasteiger partial charge >= 0.3 is 0 Å². The lowest BCUT2D eigenvalue weighted by atomic mass is 10.1. The molecule has 0 spiro atoms. The number of amides is 2. The quantitative estimate of drug-likeness (QED) is 0.890. The zero-order valence-corrected chi connectivity index (χ0v) is 13.3. The fourth-order valence-electron chi connectivity index (χ4n) is 2.49. The predicted octanol–water partition coefficient (Wildman–Crippen LogP) is 2.03. The predicted molar refractivity (Wildman–Crippen MR) is 87.5 cm³/mol. The van der Waals surface area contributed by atoms with E-state index in [0.29, 0.717) is 29.7 Å². The number of benzene rings is 1. The van der Waals surface area contributed by atoms with E-state index in [4.69, 9.17) is 0 Å². The van der Waals surface area contributed by atoms with Gasteiger partial charge in [0, 0.05) is 42.5 Å². The van der Waals surface area contributed by atoms with Crippen LogP contribution >= 0.6 is 23.5 Å². The largest absolute Gasteiger partial charge is 0.356 e. The Balaban J connectivity index is 1.53. The van der Waals surface area contributed by atoms with Crippen molar-refractivity contribution < 1.29 is 9.59 Å². The van der Waals surface area contributed by atoms with Crippen LogP contribution in [0.5, 0.6) is 0 Å². The summed E-state index contributed by atoms with van der Waals surface area (Å²) in [5, 5.41) is 5.69. The normalized spacial score (nSPS) is 22.3. The molecule has 6 heteroatoms. The van der Waals surface area contributed by atoms with Crippen molar-refractivity contribution in [1.82, 2.24) is 10.6 Å². The van der Waals surface area contributed by atoms with Crippen LogP contribution in [0, 0.1) is 5.92 Å². The third kappa shape index (κ3) is 3.74. The highest BCUT2D eigenvalue weighted by Crippen LogP contribution is 2.45. The first kappa shape index (κ1) is 14.8. The highest BCUT2D eigenvalue weighted by molar-refractivity contribution is 8.19. The first-order chi connectivity index (χ1) is 10.2. The molecule has 1 atom stereocenters. The molecule has 0 aromatic heterocycles. The lowest BCUT2D eigenvalue weighted by molar-refractivity contribution is -0.119. The standard InChI is InChI=1S/C15H18N2O2S2/c18-13-7-10(8-16-13)9-17-14(19)11-1-3-12(4-2-11)15-20-5-6-21-15/h1-4,10,15H,5-9H2,(H,16,18)(H,17,19)/t10-/m1/s1. The minimum absolute atomic E-state index is 0.0624. The van der Waals surface area contributed by atoms with Gasteiger partial charge in [-0.25, -0.2) is 0 Å². The van der Waals surface area contributed by atoms with Crippen LogP contribution in [0.4, 0.5) is 0 Å². The first-order valence-electron chi connectivity index (χ1n) is 7.10. The van der Waals surface area contributed by atoms with E-state index in [2.05, 4.69) is 10.6 Å². The van der Waals surface area contributed by atoms with Crippen molar-refractivity contribution in [2.75, 3.05) is 24.6 Å². The number of nitrogens with one attached hydrogen (secondary N) is 2. The van der Waals surface area contributed by atoms with E-state index >= 15 is 0 Å². The van der Waals surface area contributed by atoms with E-state index in [-0.39, 0.29) is 17.7 Å². The second-order valence-electron chi connectivity index (χ2n) is 5.28. The molecule has 2 amide bonds. The van der Waals surface area contributed by atoms with Gasteiger partial charge in [0.15, 0.2) is 0 Å². The first-order valence-corrected chi connectivity index (χ1v) is 9.20. The second-order valence-corrected chi connectivity index (χ2v) is 8.00. The molecule has 3 rings (SSSR count). The molecular weight excluding hydrogens is 304 g/mol. The molecule has 0 radical (unpaired) electrons. The van der Waals surface area contributed by atoms with E-state index in [1.165, 1.54) is 17.1 Å². The summed E-state index contributed by atoms with van der Waals surface area (Å²) in [4.78, 5) is 23.2. The number of hydrogen-bond donors (Lipinski definition) is 2. The van der Waals surface area contributed by atoms with Crippen molar-refractivity contribution >= 4 is 35.3 Å². The van der Waals surface area contributed by atoms with Gasteiger partial charge in [-0.15, -0.1) is 23.5 Å². The second kappa shape index (κ2) is 6.75. The molecule has 0 saturated carbocycles. The average Bonchev–Trinajstić information content (AvgIpc) is 3.16. The van der Waals surface area contributed by atoms with Crippen LogP contribution < -0.4 is 10.6 Å². The highest BCUT2D eigenvalue weighted by Gasteiger charge is 2.22. The Morgan fingerprint density at radius 2 is 1.95 bits per heavy atom. The zero-order chi connectivity index (χ0) is 14.7. The molecule has 4 nitrogen and oxygen atoms in total. The number of carbonyl (C=O) groups excluding carboxylic acids is 2. The topological polar surface area (TPSA) is 58.2 Å². The van der Waals surface area contributed by atoms with E-state index < -0.39 is 0 Å². The molecule has 2 aliphatic rings. The van der Waals surface area contributed by atoms with Gasteiger partial charge in [-0.05, 0) is 17.7 Å². The smallest absolute Gasteiger partial charge is 0.251 e.